The van der Waals surface area contributed by atoms with E-state index >= 15 is 0 Å². The van der Waals surface area contributed by atoms with E-state index in [4.69, 9.17) is 4.42 Å². The number of carbonyl (C=O) groups is 1. The molecule has 2 aromatic rings. The van der Waals surface area contributed by atoms with Crippen LogP contribution in [0.5, 0.6) is 0 Å². The van der Waals surface area contributed by atoms with Gasteiger partial charge < -0.3 is 9.73 Å². The molecule has 0 saturated carbocycles. The molecular formula is C14H18N4O2S. The van der Waals surface area contributed by atoms with Crippen LogP contribution in [0.1, 0.15) is 19.8 Å². The van der Waals surface area contributed by atoms with Crippen molar-refractivity contribution in [3.8, 4) is 11.6 Å². The smallest absolute Gasteiger partial charge is 0.223 e. The maximum Gasteiger partial charge on any atom is 0.223 e. The first-order chi connectivity index (χ1) is 10.3. The topological polar surface area (TPSA) is 73.0 Å². The van der Waals surface area contributed by atoms with Crippen LogP contribution in [0.15, 0.2) is 28.0 Å². The van der Waals surface area contributed by atoms with Gasteiger partial charge in [-0.15, -0.1) is 10.2 Å². The van der Waals surface area contributed by atoms with Crippen molar-refractivity contribution in [2.24, 2.45) is 5.92 Å². The Labute approximate surface area is 127 Å². The van der Waals surface area contributed by atoms with Gasteiger partial charge in [-0.3, -0.25) is 9.36 Å². The SMILES string of the molecule is CCn1c(SCCC2CCNC2=O)nnc1-c1ccco1. The third-order valence-electron chi connectivity index (χ3n) is 3.63. The molecule has 6 nitrogen and oxygen atoms in total. The summed E-state index contributed by atoms with van der Waals surface area (Å²) in [5.74, 6) is 2.69. The van der Waals surface area contributed by atoms with Crippen molar-refractivity contribution in [1.29, 1.82) is 0 Å². The highest BCUT2D eigenvalue weighted by atomic mass is 32.2. The fraction of sp³-hybridized carbons (Fsp3) is 0.500. The minimum Gasteiger partial charge on any atom is -0.461 e. The van der Waals surface area contributed by atoms with Crippen molar-refractivity contribution in [3.63, 3.8) is 0 Å². The predicted molar refractivity (Wildman–Crippen MR) is 79.9 cm³/mol. The molecular weight excluding hydrogens is 288 g/mol. The summed E-state index contributed by atoms with van der Waals surface area (Å²) in [5.41, 5.74) is 0. The van der Waals surface area contributed by atoms with Gasteiger partial charge in [-0.1, -0.05) is 11.8 Å². The third-order valence-corrected chi connectivity index (χ3v) is 4.63. The second-order valence-electron chi connectivity index (χ2n) is 4.94. The Bertz CT molecular complexity index is 609. The number of carbonyl (C=O) groups excluding carboxylic acids is 1. The zero-order chi connectivity index (χ0) is 14.7. The zero-order valence-electron chi connectivity index (χ0n) is 11.9. The van der Waals surface area contributed by atoms with Crippen LogP contribution in [0, 0.1) is 5.92 Å². The first-order valence-electron chi connectivity index (χ1n) is 7.17. The molecule has 1 aliphatic rings. The molecule has 1 amide bonds. The molecule has 2 aromatic heterocycles. The van der Waals surface area contributed by atoms with Gasteiger partial charge in [0.2, 0.25) is 5.91 Å². The van der Waals surface area contributed by atoms with Crippen molar-refractivity contribution in [3.05, 3.63) is 18.4 Å². The lowest BCUT2D eigenvalue weighted by Crippen LogP contribution is -2.19. The largest absolute Gasteiger partial charge is 0.461 e. The second kappa shape index (κ2) is 6.34. The molecule has 3 rings (SSSR count). The molecule has 21 heavy (non-hydrogen) atoms. The minimum absolute atomic E-state index is 0.153. The van der Waals surface area contributed by atoms with E-state index in [9.17, 15) is 4.79 Å². The highest BCUT2D eigenvalue weighted by Crippen LogP contribution is 2.26. The quantitative estimate of drug-likeness (QED) is 0.828. The van der Waals surface area contributed by atoms with Gasteiger partial charge in [-0.05, 0) is 31.9 Å². The minimum atomic E-state index is 0.153. The summed E-state index contributed by atoms with van der Waals surface area (Å²) >= 11 is 1.65. The molecule has 3 heterocycles. The van der Waals surface area contributed by atoms with Crippen LogP contribution in [0.4, 0.5) is 0 Å². The van der Waals surface area contributed by atoms with Crippen molar-refractivity contribution in [1.82, 2.24) is 20.1 Å². The van der Waals surface area contributed by atoms with E-state index in [1.165, 1.54) is 0 Å². The summed E-state index contributed by atoms with van der Waals surface area (Å²) in [4.78, 5) is 11.5. The molecule has 1 fully saturated rings. The monoisotopic (exact) mass is 306 g/mol. The van der Waals surface area contributed by atoms with Crippen LogP contribution >= 0.6 is 11.8 Å². The summed E-state index contributed by atoms with van der Waals surface area (Å²) in [6.07, 6.45) is 3.45. The van der Waals surface area contributed by atoms with E-state index < -0.39 is 0 Å². The highest BCUT2D eigenvalue weighted by Gasteiger charge is 2.24. The molecule has 0 spiro atoms. The van der Waals surface area contributed by atoms with E-state index in [0.29, 0.717) is 0 Å². The van der Waals surface area contributed by atoms with E-state index in [-0.39, 0.29) is 11.8 Å². The lowest BCUT2D eigenvalue weighted by atomic mass is 10.1. The predicted octanol–water partition coefficient (Wildman–Crippen LogP) is 2.18. The summed E-state index contributed by atoms with van der Waals surface area (Å²) in [5, 5.41) is 12.2. The number of aromatic nitrogens is 3. The standard InChI is InChI=1S/C14H18N4O2S/c1-2-18-12(11-4-3-8-20-11)16-17-14(18)21-9-6-10-5-7-15-13(10)19/h3-4,8,10H,2,5-7,9H2,1H3,(H,15,19). The van der Waals surface area contributed by atoms with Crippen LogP contribution in [-0.4, -0.2) is 33.0 Å². The number of rotatable bonds is 6. The summed E-state index contributed by atoms with van der Waals surface area (Å²) < 4.78 is 7.43. The van der Waals surface area contributed by atoms with Crippen LogP contribution in [0.25, 0.3) is 11.6 Å². The Morgan fingerprint density at radius 2 is 2.43 bits per heavy atom. The Balaban J connectivity index is 1.64. The Hall–Kier alpha value is -1.76. The number of thioether (sulfide) groups is 1. The van der Waals surface area contributed by atoms with Gasteiger partial charge in [0.25, 0.3) is 0 Å². The van der Waals surface area contributed by atoms with E-state index in [0.717, 1.165) is 48.4 Å². The third kappa shape index (κ3) is 2.97. The number of amides is 1. The average Bonchev–Trinajstić information content (AvgIpc) is 3.20. The molecule has 1 saturated heterocycles. The molecule has 0 aliphatic carbocycles. The number of hydrogen-bond donors (Lipinski definition) is 1. The normalized spacial score (nSPS) is 18.1. The molecule has 1 N–H and O–H groups in total. The number of nitrogens with one attached hydrogen (secondary N) is 1. The van der Waals surface area contributed by atoms with Gasteiger partial charge in [0, 0.05) is 24.8 Å². The van der Waals surface area contributed by atoms with Crippen LogP contribution in [0.2, 0.25) is 0 Å². The van der Waals surface area contributed by atoms with E-state index in [1.54, 1.807) is 18.0 Å². The molecule has 0 radical (unpaired) electrons. The van der Waals surface area contributed by atoms with Gasteiger partial charge in [-0.2, -0.15) is 0 Å². The number of hydrogen-bond acceptors (Lipinski definition) is 5. The Morgan fingerprint density at radius 3 is 3.10 bits per heavy atom. The molecule has 7 heteroatoms. The number of nitrogens with zero attached hydrogens (tertiary/aromatic N) is 3. The lowest BCUT2D eigenvalue weighted by Gasteiger charge is -2.07. The van der Waals surface area contributed by atoms with Gasteiger partial charge in [0.05, 0.1) is 6.26 Å². The molecule has 1 atom stereocenters. The van der Waals surface area contributed by atoms with Crippen LogP contribution in [-0.2, 0) is 11.3 Å². The Morgan fingerprint density at radius 1 is 1.52 bits per heavy atom. The summed E-state index contributed by atoms with van der Waals surface area (Å²) in [7, 11) is 0. The first kappa shape index (κ1) is 14.2. The molecule has 0 aromatic carbocycles. The Kier molecular flexibility index (Phi) is 4.28. The molecule has 0 bridgehead atoms. The van der Waals surface area contributed by atoms with Gasteiger partial charge in [0.15, 0.2) is 16.7 Å². The molecule has 1 unspecified atom stereocenters. The average molecular weight is 306 g/mol. The van der Waals surface area contributed by atoms with Gasteiger partial charge in [-0.25, -0.2) is 0 Å². The van der Waals surface area contributed by atoms with Crippen LogP contribution in [0.3, 0.4) is 0 Å². The van der Waals surface area contributed by atoms with Crippen molar-refractivity contribution >= 4 is 17.7 Å². The van der Waals surface area contributed by atoms with Gasteiger partial charge in [0.1, 0.15) is 0 Å². The fourth-order valence-electron chi connectivity index (χ4n) is 2.48. The second-order valence-corrected chi connectivity index (χ2v) is 6.00. The first-order valence-corrected chi connectivity index (χ1v) is 8.15. The maximum atomic E-state index is 11.5. The van der Waals surface area contributed by atoms with Crippen LogP contribution < -0.4 is 5.32 Å². The van der Waals surface area contributed by atoms with Crippen molar-refractivity contribution in [2.75, 3.05) is 12.3 Å². The molecule has 112 valence electrons. The maximum absolute atomic E-state index is 11.5. The van der Waals surface area contributed by atoms with Gasteiger partial charge >= 0.3 is 0 Å². The number of furan rings is 1. The molecule has 1 aliphatic heterocycles. The summed E-state index contributed by atoms with van der Waals surface area (Å²) in [6, 6.07) is 3.73. The van der Waals surface area contributed by atoms with Crippen molar-refractivity contribution in [2.45, 2.75) is 31.5 Å². The fourth-order valence-corrected chi connectivity index (χ4v) is 3.54. The zero-order valence-corrected chi connectivity index (χ0v) is 12.7. The summed E-state index contributed by atoms with van der Waals surface area (Å²) in [6.45, 7) is 3.65. The van der Waals surface area contributed by atoms with E-state index in [2.05, 4.69) is 22.4 Å². The van der Waals surface area contributed by atoms with E-state index in [1.807, 2.05) is 16.7 Å². The van der Waals surface area contributed by atoms with Crippen molar-refractivity contribution < 1.29 is 9.21 Å². The lowest BCUT2D eigenvalue weighted by molar-refractivity contribution is -0.122. The highest BCUT2D eigenvalue weighted by molar-refractivity contribution is 7.99.